The van der Waals surface area contributed by atoms with Crippen molar-refractivity contribution in [2.75, 3.05) is 25.9 Å². The topological polar surface area (TPSA) is 12.5 Å². The minimum Gasteiger partial charge on any atom is -0.485 e. The third-order valence-corrected chi connectivity index (χ3v) is 4.88. The van der Waals surface area contributed by atoms with Crippen LogP contribution in [0.2, 0.25) is 0 Å². The fraction of sp³-hybridized carbons (Fsp3) is 0.538. The molecule has 0 unspecified atom stereocenters. The molecule has 3 heteroatoms. The first kappa shape index (κ1) is 10.5. The molecule has 1 aromatic rings. The number of thioether (sulfide) groups is 1. The van der Waals surface area contributed by atoms with Crippen molar-refractivity contribution in [2.45, 2.75) is 23.3 Å². The van der Waals surface area contributed by atoms with Crippen molar-refractivity contribution < 1.29 is 4.74 Å². The summed E-state index contributed by atoms with van der Waals surface area (Å²) in [5.74, 6) is 2.20. The molecule has 2 aliphatic heterocycles. The first-order valence-corrected chi connectivity index (χ1v) is 6.85. The Morgan fingerprint density at radius 3 is 2.81 bits per heavy atom. The standard InChI is InChI=1S/C13H17NOS/c1-14-8-6-13(7-9-14)10-16-12-5-3-2-4-11(12)15-13/h2-5H,6-10H2,1H3. The zero-order valence-corrected chi connectivity index (χ0v) is 10.4. The lowest BCUT2D eigenvalue weighted by Gasteiger charge is -2.43. The third kappa shape index (κ3) is 1.82. The minimum absolute atomic E-state index is 0.103. The van der Waals surface area contributed by atoms with E-state index >= 15 is 0 Å². The van der Waals surface area contributed by atoms with Crippen molar-refractivity contribution in [1.82, 2.24) is 4.90 Å². The van der Waals surface area contributed by atoms with E-state index in [4.69, 9.17) is 4.74 Å². The van der Waals surface area contributed by atoms with Gasteiger partial charge in [0.1, 0.15) is 11.4 Å². The Labute approximate surface area is 101 Å². The zero-order chi connectivity index (χ0) is 11.0. The summed E-state index contributed by atoms with van der Waals surface area (Å²) in [6.45, 7) is 2.31. The first-order valence-electron chi connectivity index (χ1n) is 5.87. The first-order chi connectivity index (χ1) is 7.77. The lowest BCUT2D eigenvalue weighted by molar-refractivity contribution is 0.0229. The summed E-state index contributed by atoms with van der Waals surface area (Å²) < 4.78 is 6.26. The smallest absolute Gasteiger partial charge is 0.133 e. The largest absolute Gasteiger partial charge is 0.485 e. The Balaban J connectivity index is 1.82. The number of likely N-dealkylation sites (tertiary alicyclic amines) is 1. The van der Waals surface area contributed by atoms with Crippen LogP contribution in [0.25, 0.3) is 0 Å². The number of piperidine rings is 1. The molecule has 1 fully saturated rings. The normalized spacial score (nSPS) is 23.8. The molecule has 1 saturated heterocycles. The number of hydrogen-bond acceptors (Lipinski definition) is 3. The molecule has 0 bridgehead atoms. The lowest BCUT2D eigenvalue weighted by Crippen LogP contribution is -2.49. The number of para-hydroxylation sites is 1. The second-order valence-electron chi connectivity index (χ2n) is 4.82. The summed E-state index contributed by atoms with van der Waals surface area (Å²) in [6, 6.07) is 8.40. The van der Waals surface area contributed by atoms with Gasteiger partial charge >= 0.3 is 0 Å². The highest BCUT2D eigenvalue weighted by Crippen LogP contribution is 2.43. The highest BCUT2D eigenvalue weighted by molar-refractivity contribution is 7.99. The van der Waals surface area contributed by atoms with E-state index in [0.29, 0.717) is 0 Å². The molecule has 0 aromatic heterocycles. The molecule has 16 heavy (non-hydrogen) atoms. The summed E-state index contributed by atoms with van der Waals surface area (Å²) in [7, 11) is 2.19. The van der Waals surface area contributed by atoms with Crippen LogP contribution in [0.4, 0.5) is 0 Å². The molecule has 0 saturated carbocycles. The van der Waals surface area contributed by atoms with Crippen LogP contribution in [0, 0.1) is 0 Å². The van der Waals surface area contributed by atoms with Crippen molar-refractivity contribution in [1.29, 1.82) is 0 Å². The number of rotatable bonds is 0. The van der Waals surface area contributed by atoms with E-state index < -0.39 is 0 Å². The van der Waals surface area contributed by atoms with Crippen molar-refractivity contribution in [2.24, 2.45) is 0 Å². The number of fused-ring (bicyclic) bond motifs is 1. The van der Waals surface area contributed by atoms with Crippen molar-refractivity contribution in [3.05, 3.63) is 24.3 Å². The molecule has 0 N–H and O–H groups in total. The van der Waals surface area contributed by atoms with Crippen LogP contribution < -0.4 is 4.74 Å². The van der Waals surface area contributed by atoms with E-state index in [1.165, 1.54) is 4.90 Å². The second-order valence-corrected chi connectivity index (χ2v) is 5.84. The fourth-order valence-corrected chi connectivity index (χ4v) is 3.59. The van der Waals surface area contributed by atoms with Crippen LogP contribution in [0.15, 0.2) is 29.2 Å². The molecule has 1 aromatic carbocycles. The maximum absolute atomic E-state index is 6.26. The maximum Gasteiger partial charge on any atom is 0.133 e. The van der Waals surface area contributed by atoms with Crippen LogP contribution in [0.3, 0.4) is 0 Å². The number of nitrogens with zero attached hydrogens (tertiary/aromatic N) is 1. The van der Waals surface area contributed by atoms with Crippen LogP contribution in [0.1, 0.15) is 12.8 Å². The van der Waals surface area contributed by atoms with Crippen LogP contribution in [-0.2, 0) is 0 Å². The van der Waals surface area contributed by atoms with Gasteiger partial charge in [-0.05, 0) is 19.2 Å². The third-order valence-electron chi connectivity index (χ3n) is 3.56. The van der Waals surface area contributed by atoms with Gasteiger partial charge in [-0.25, -0.2) is 0 Å². The molecule has 0 radical (unpaired) electrons. The fourth-order valence-electron chi connectivity index (χ4n) is 2.40. The molecular weight excluding hydrogens is 218 g/mol. The van der Waals surface area contributed by atoms with Gasteiger partial charge in [0.25, 0.3) is 0 Å². The SMILES string of the molecule is CN1CCC2(CC1)CSc1ccccc1O2. The maximum atomic E-state index is 6.26. The summed E-state index contributed by atoms with van der Waals surface area (Å²) >= 11 is 1.95. The Hall–Kier alpha value is -0.670. The van der Waals surface area contributed by atoms with E-state index in [-0.39, 0.29) is 5.60 Å². The molecule has 2 aliphatic rings. The highest BCUT2D eigenvalue weighted by atomic mass is 32.2. The summed E-state index contributed by atoms with van der Waals surface area (Å²) in [5, 5.41) is 0. The van der Waals surface area contributed by atoms with Gasteiger partial charge in [0.05, 0.1) is 0 Å². The quantitative estimate of drug-likeness (QED) is 0.686. The van der Waals surface area contributed by atoms with E-state index in [1.807, 2.05) is 11.8 Å². The van der Waals surface area contributed by atoms with E-state index in [0.717, 1.165) is 37.4 Å². The summed E-state index contributed by atoms with van der Waals surface area (Å²) in [4.78, 5) is 3.69. The van der Waals surface area contributed by atoms with E-state index in [9.17, 15) is 0 Å². The van der Waals surface area contributed by atoms with Gasteiger partial charge in [0.2, 0.25) is 0 Å². The molecule has 3 rings (SSSR count). The predicted octanol–water partition coefficient (Wildman–Crippen LogP) is 2.64. The van der Waals surface area contributed by atoms with Crippen molar-refractivity contribution in [3.8, 4) is 5.75 Å². The molecule has 2 heterocycles. The second kappa shape index (κ2) is 3.97. The van der Waals surface area contributed by atoms with Crippen LogP contribution in [-0.4, -0.2) is 36.4 Å². The van der Waals surface area contributed by atoms with Gasteiger partial charge in [-0.2, -0.15) is 0 Å². The number of ether oxygens (including phenoxy) is 1. The van der Waals surface area contributed by atoms with Gasteiger partial charge in [-0.15, -0.1) is 11.8 Å². The van der Waals surface area contributed by atoms with E-state index in [1.54, 1.807) is 0 Å². The van der Waals surface area contributed by atoms with Crippen molar-refractivity contribution >= 4 is 11.8 Å². The highest BCUT2D eigenvalue weighted by Gasteiger charge is 2.39. The van der Waals surface area contributed by atoms with Crippen molar-refractivity contribution in [3.63, 3.8) is 0 Å². The predicted molar refractivity (Wildman–Crippen MR) is 67.3 cm³/mol. The molecule has 86 valence electrons. The lowest BCUT2D eigenvalue weighted by atomic mass is 9.93. The van der Waals surface area contributed by atoms with E-state index in [2.05, 4.69) is 36.2 Å². The average molecular weight is 235 g/mol. The monoisotopic (exact) mass is 235 g/mol. The molecular formula is C13H17NOS. The summed E-state index contributed by atoms with van der Waals surface area (Å²) in [6.07, 6.45) is 2.32. The number of benzene rings is 1. The molecule has 1 spiro atoms. The van der Waals surface area contributed by atoms with Crippen LogP contribution in [0.5, 0.6) is 5.75 Å². The van der Waals surface area contributed by atoms with Crippen LogP contribution >= 0.6 is 11.8 Å². The Morgan fingerprint density at radius 2 is 2.00 bits per heavy atom. The molecule has 2 nitrogen and oxygen atoms in total. The Kier molecular flexibility index (Phi) is 2.60. The Bertz CT molecular complexity index is 385. The van der Waals surface area contributed by atoms with Gasteiger partial charge in [-0.3, -0.25) is 0 Å². The average Bonchev–Trinajstić information content (AvgIpc) is 2.33. The zero-order valence-electron chi connectivity index (χ0n) is 9.61. The van der Waals surface area contributed by atoms with Gasteiger partial charge in [0.15, 0.2) is 0 Å². The molecule has 0 atom stereocenters. The number of hydrogen-bond donors (Lipinski definition) is 0. The minimum atomic E-state index is 0.103. The Morgan fingerprint density at radius 1 is 1.25 bits per heavy atom. The molecule has 0 amide bonds. The van der Waals surface area contributed by atoms with Gasteiger partial charge in [0, 0.05) is 36.6 Å². The summed E-state index contributed by atoms with van der Waals surface area (Å²) in [5.41, 5.74) is 0.103. The van der Waals surface area contributed by atoms with Gasteiger partial charge in [-0.1, -0.05) is 12.1 Å². The molecule has 0 aliphatic carbocycles. The van der Waals surface area contributed by atoms with Gasteiger partial charge < -0.3 is 9.64 Å².